The van der Waals surface area contributed by atoms with E-state index in [0.717, 1.165) is 35.6 Å². The average molecular weight is 297 g/mol. The van der Waals surface area contributed by atoms with Crippen molar-refractivity contribution in [1.29, 1.82) is 0 Å². The quantitative estimate of drug-likeness (QED) is 0.732. The molecule has 2 fully saturated rings. The van der Waals surface area contributed by atoms with Gasteiger partial charge in [-0.15, -0.1) is 0 Å². The SMILES string of the molecule is COc1cccc2oc3c(N4C[C@H]5NCC54)nc(N)nc3c12. The van der Waals surface area contributed by atoms with Crippen molar-refractivity contribution in [2.24, 2.45) is 0 Å². The number of nitrogen functional groups attached to an aromatic ring is 1. The maximum Gasteiger partial charge on any atom is 0.222 e. The molecule has 0 aliphatic carbocycles. The zero-order valence-electron chi connectivity index (χ0n) is 12.0. The highest BCUT2D eigenvalue weighted by Crippen LogP contribution is 2.40. The number of hydrogen-bond acceptors (Lipinski definition) is 7. The van der Waals surface area contributed by atoms with Gasteiger partial charge in [0.25, 0.3) is 0 Å². The molecule has 1 aromatic carbocycles. The number of methoxy groups -OCH3 is 1. The molecule has 1 unspecified atom stereocenters. The van der Waals surface area contributed by atoms with Crippen molar-refractivity contribution in [2.45, 2.75) is 12.1 Å². The third-order valence-corrected chi connectivity index (χ3v) is 4.64. The Balaban J connectivity index is 1.80. The number of piperazine rings is 1. The first-order valence-electron chi connectivity index (χ1n) is 7.29. The molecule has 0 bridgehead atoms. The van der Waals surface area contributed by atoms with Gasteiger partial charge in [-0.2, -0.15) is 4.98 Å². The summed E-state index contributed by atoms with van der Waals surface area (Å²) in [5, 5.41) is 4.23. The second-order valence-electron chi connectivity index (χ2n) is 5.75. The molecule has 0 radical (unpaired) electrons. The van der Waals surface area contributed by atoms with Crippen LogP contribution in [0.5, 0.6) is 5.75 Å². The normalized spacial score (nSPS) is 23.2. The number of nitrogens with one attached hydrogen (secondary N) is 1. The Hall–Kier alpha value is -2.54. The van der Waals surface area contributed by atoms with Crippen LogP contribution in [-0.4, -0.2) is 42.3 Å². The zero-order valence-corrected chi connectivity index (χ0v) is 12.0. The van der Waals surface area contributed by atoms with Crippen molar-refractivity contribution in [1.82, 2.24) is 15.3 Å². The monoisotopic (exact) mass is 297 g/mol. The number of hydrogen-bond donors (Lipinski definition) is 2. The Morgan fingerprint density at radius 2 is 2.32 bits per heavy atom. The number of nitrogens with two attached hydrogens (primary N) is 1. The number of rotatable bonds is 2. The van der Waals surface area contributed by atoms with Crippen LogP contribution in [0.25, 0.3) is 22.1 Å². The van der Waals surface area contributed by atoms with Crippen molar-refractivity contribution in [2.75, 3.05) is 30.8 Å². The number of aromatic nitrogens is 2. The first-order chi connectivity index (χ1) is 10.8. The maximum atomic E-state index is 6.02. The van der Waals surface area contributed by atoms with Crippen LogP contribution in [0.4, 0.5) is 11.8 Å². The van der Waals surface area contributed by atoms with Gasteiger partial charge in [0.1, 0.15) is 16.8 Å². The minimum absolute atomic E-state index is 0.256. The summed E-state index contributed by atoms with van der Waals surface area (Å²) in [5.74, 6) is 1.77. The van der Waals surface area contributed by atoms with E-state index < -0.39 is 0 Å². The number of benzene rings is 1. The summed E-state index contributed by atoms with van der Waals surface area (Å²) >= 11 is 0. The highest BCUT2D eigenvalue weighted by molar-refractivity contribution is 6.09. The molecule has 2 saturated heterocycles. The summed E-state index contributed by atoms with van der Waals surface area (Å²) in [6, 6.07) is 6.74. The van der Waals surface area contributed by atoms with Crippen LogP contribution in [0.2, 0.25) is 0 Å². The van der Waals surface area contributed by atoms with Crippen LogP contribution in [0, 0.1) is 0 Å². The van der Waals surface area contributed by atoms with E-state index in [2.05, 4.69) is 20.2 Å². The molecule has 0 saturated carbocycles. The number of fused-ring (bicyclic) bond motifs is 4. The van der Waals surface area contributed by atoms with Gasteiger partial charge in [-0.25, -0.2) is 4.98 Å². The molecule has 3 aromatic rings. The fraction of sp³-hybridized carbons (Fsp3) is 0.333. The summed E-state index contributed by atoms with van der Waals surface area (Å²) < 4.78 is 11.5. The van der Waals surface area contributed by atoms with Crippen molar-refractivity contribution in [3.05, 3.63) is 18.2 Å². The fourth-order valence-corrected chi connectivity index (χ4v) is 3.38. The Labute approximate surface area is 126 Å². The Morgan fingerprint density at radius 1 is 1.41 bits per heavy atom. The standard InChI is InChI=1S/C15H15N5O2/c1-21-9-3-2-4-10-11(9)12-13(22-10)14(19-15(16)18-12)20-6-7-8(20)5-17-7/h2-4,7-8,17H,5-6H2,1H3,(H2,16,18,19)/t7-,8?/m1/s1. The predicted molar refractivity (Wildman–Crippen MR) is 83.2 cm³/mol. The Bertz CT molecular complexity index is 906. The van der Waals surface area contributed by atoms with E-state index in [1.807, 2.05) is 18.2 Å². The first kappa shape index (κ1) is 12.0. The molecule has 4 heterocycles. The van der Waals surface area contributed by atoms with Gasteiger partial charge in [-0.05, 0) is 12.1 Å². The van der Waals surface area contributed by atoms with Gasteiger partial charge in [0.05, 0.1) is 18.5 Å². The molecule has 0 spiro atoms. The topological polar surface area (TPSA) is 89.4 Å². The molecule has 7 nitrogen and oxygen atoms in total. The van der Waals surface area contributed by atoms with Gasteiger partial charge >= 0.3 is 0 Å². The molecule has 3 N–H and O–H groups in total. The van der Waals surface area contributed by atoms with Gasteiger partial charge in [0, 0.05) is 19.1 Å². The molecular weight excluding hydrogens is 282 g/mol. The van der Waals surface area contributed by atoms with Crippen molar-refractivity contribution >= 4 is 33.8 Å². The van der Waals surface area contributed by atoms with Crippen LogP contribution in [0.3, 0.4) is 0 Å². The summed E-state index contributed by atoms with van der Waals surface area (Å²) in [5.41, 5.74) is 8.06. The van der Waals surface area contributed by atoms with E-state index in [4.69, 9.17) is 14.9 Å². The van der Waals surface area contributed by atoms with Crippen LogP contribution in [-0.2, 0) is 0 Å². The van der Waals surface area contributed by atoms with E-state index in [1.165, 1.54) is 0 Å². The van der Waals surface area contributed by atoms with E-state index in [9.17, 15) is 0 Å². The molecule has 22 heavy (non-hydrogen) atoms. The maximum absolute atomic E-state index is 6.02. The van der Waals surface area contributed by atoms with Crippen molar-refractivity contribution in [3.8, 4) is 5.75 Å². The van der Waals surface area contributed by atoms with Crippen LogP contribution in [0.15, 0.2) is 22.6 Å². The van der Waals surface area contributed by atoms with Gasteiger partial charge < -0.3 is 25.1 Å². The van der Waals surface area contributed by atoms with Crippen LogP contribution < -0.4 is 20.7 Å². The first-order valence-corrected chi connectivity index (χ1v) is 7.29. The van der Waals surface area contributed by atoms with Gasteiger partial charge in [-0.1, -0.05) is 6.07 Å². The Kier molecular flexibility index (Phi) is 2.20. The second-order valence-corrected chi connectivity index (χ2v) is 5.75. The lowest BCUT2D eigenvalue weighted by molar-refractivity contribution is 0.212. The molecule has 7 heteroatoms. The van der Waals surface area contributed by atoms with Gasteiger partial charge in [0.2, 0.25) is 5.95 Å². The highest BCUT2D eigenvalue weighted by atomic mass is 16.5. The molecule has 2 atom stereocenters. The summed E-state index contributed by atoms with van der Waals surface area (Å²) in [6.07, 6.45) is 0. The number of nitrogens with zero attached hydrogens (tertiary/aromatic N) is 3. The summed E-state index contributed by atoms with van der Waals surface area (Å²) in [7, 11) is 1.64. The molecular formula is C15H15N5O2. The number of ether oxygens (including phenoxy) is 1. The average Bonchev–Trinajstić information content (AvgIpc) is 2.88. The van der Waals surface area contributed by atoms with Crippen LogP contribution in [0.1, 0.15) is 0 Å². The zero-order chi connectivity index (χ0) is 14.8. The van der Waals surface area contributed by atoms with E-state index in [1.54, 1.807) is 7.11 Å². The predicted octanol–water partition coefficient (Wildman–Crippen LogP) is 1.13. The van der Waals surface area contributed by atoms with E-state index >= 15 is 0 Å². The third-order valence-electron chi connectivity index (χ3n) is 4.64. The van der Waals surface area contributed by atoms with Gasteiger partial charge in [0.15, 0.2) is 11.4 Å². The lowest BCUT2D eigenvalue weighted by Gasteiger charge is -2.56. The third kappa shape index (κ3) is 1.38. The van der Waals surface area contributed by atoms with Crippen molar-refractivity contribution in [3.63, 3.8) is 0 Å². The molecule has 112 valence electrons. The largest absolute Gasteiger partial charge is 0.496 e. The number of anilines is 2. The number of furan rings is 1. The van der Waals surface area contributed by atoms with E-state index in [-0.39, 0.29) is 5.95 Å². The van der Waals surface area contributed by atoms with Gasteiger partial charge in [-0.3, -0.25) is 0 Å². The smallest absolute Gasteiger partial charge is 0.222 e. The molecule has 5 rings (SSSR count). The van der Waals surface area contributed by atoms with Crippen molar-refractivity contribution < 1.29 is 9.15 Å². The lowest BCUT2D eigenvalue weighted by atomic mass is 9.89. The molecule has 0 amide bonds. The molecule has 2 aliphatic rings. The summed E-state index contributed by atoms with van der Waals surface area (Å²) in [4.78, 5) is 11.0. The highest BCUT2D eigenvalue weighted by Gasteiger charge is 2.47. The molecule has 2 aromatic heterocycles. The lowest BCUT2D eigenvalue weighted by Crippen LogP contribution is -2.78. The Morgan fingerprint density at radius 3 is 3.00 bits per heavy atom. The second kappa shape index (κ2) is 4.01. The summed E-state index contributed by atoms with van der Waals surface area (Å²) in [6.45, 7) is 1.89. The minimum atomic E-state index is 0.256. The fourth-order valence-electron chi connectivity index (χ4n) is 3.38. The minimum Gasteiger partial charge on any atom is -0.496 e. The van der Waals surface area contributed by atoms with Crippen LogP contribution >= 0.6 is 0 Å². The molecule has 2 aliphatic heterocycles. The van der Waals surface area contributed by atoms with E-state index in [0.29, 0.717) is 23.2 Å².